The van der Waals surface area contributed by atoms with E-state index in [0.717, 1.165) is 50.9 Å². The Morgan fingerprint density at radius 2 is 1.85 bits per heavy atom. The summed E-state index contributed by atoms with van der Waals surface area (Å²) in [5, 5.41) is 6.71. The van der Waals surface area contributed by atoms with Crippen molar-refractivity contribution in [2.45, 2.75) is 6.92 Å². The van der Waals surface area contributed by atoms with Crippen molar-refractivity contribution in [2.24, 2.45) is 10.9 Å². The van der Waals surface area contributed by atoms with E-state index in [1.165, 1.54) is 0 Å². The maximum atomic E-state index is 5.35. The number of likely N-dealkylation sites (N-methyl/N-ethyl adjacent to an activating group) is 1. The van der Waals surface area contributed by atoms with Crippen LogP contribution in [-0.2, 0) is 0 Å². The van der Waals surface area contributed by atoms with Crippen molar-refractivity contribution >= 4 is 11.6 Å². The number of nitrogens with one attached hydrogen (secondary N) is 2. The molecule has 1 aliphatic heterocycles. The summed E-state index contributed by atoms with van der Waals surface area (Å²) in [6.45, 7) is 8.87. The summed E-state index contributed by atoms with van der Waals surface area (Å²) < 4.78 is 10.6. The molecule has 0 radical (unpaired) electrons. The van der Waals surface area contributed by atoms with Gasteiger partial charge in [-0.3, -0.25) is 4.99 Å². The maximum Gasteiger partial charge on any atom is 0.195 e. The van der Waals surface area contributed by atoms with Gasteiger partial charge in [-0.05, 0) is 25.1 Å². The van der Waals surface area contributed by atoms with Crippen molar-refractivity contribution in [1.29, 1.82) is 0 Å². The van der Waals surface area contributed by atoms with Gasteiger partial charge >= 0.3 is 0 Å². The van der Waals surface area contributed by atoms with E-state index < -0.39 is 0 Å². The highest BCUT2D eigenvalue weighted by molar-refractivity contribution is 5.93. The van der Waals surface area contributed by atoms with Crippen LogP contribution >= 0.6 is 0 Å². The minimum atomic E-state index is 0.544. The predicted molar refractivity (Wildman–Crippen MR) is 108 cm³/mol. The van der Waals surface area contributed by atoms with Gasteiger partial charge < -0.3 is 29.9 Å². The number of piperazine rings is 1. The molecule has 1 fully saturated rings. The van der Waals surface area contributed by atoms with Crippen molar-refractivity contribution in [3.8, 4) is 11.5 Å². The first-order valence-corrected chi connectivity index (χ1v) is 9.16. The SMILES string of the molecule is CN=C(NCC(C)CN1CCN(C)CC1)Nc1ccc(OC)c(OC)c1. The van der Waals surface area contributed by atoms with Gasteiger partial charge in [0, 0.05) is 58.1 Å². The second-order valence-electron chi connectivity index (χ2n) is 6.86. The molecule has 1 saturated heterocycles. The van der Waals surface area contributed by atoms with Gasteiger partial charge in [0.05, 0.1) is 14.2 Å². The molecule has 0 aliphatic carbocycles. The smallest absolute Gasteiger partial charge is 0.195 e. The molecule has 0 saturated carbocycles. The van der Waals surface area contributed by atoms with Gasteiger partial charge in [-0.15, -0.1) is 0 Å². The molecule has 1 unspecified atom stereocenters. The van der Waals surface area contributed by atoms with Crippen LogP contribution in [0.5, 0.6) is 11.5 Å². The molecule has 1 heterocycles. The number of benzene rings is 1. The Kier molecular flexibility index (Phi) is 8.00. The number of aliphatic imine (C=N–C) groups is 1. The van der Waals surface area contributed by atoms with Crippen molar-refractivity contribution < 1.29 is 9.47 Å². The van der Waals surface area contributed by atoms with Gasteiger partial charge in [-0.25, -0.2) is 0 Å². The zero-order chi connectivity index (χ0) is 18.9. The molecule has 1 atom stereocenters. The summed E-state index contributed by atoms with van der Waals surface area (Å²) in [5.74, 6) is 2.70. The molecule has 26 heavy (non-hydrogen) atoms. The van der Waals surface area contributed by atoms with Gasteiger partial charge in [0.15, 0.2) is 17.5 Å². The number of hydrogen-bond acceptors (Lipinski definition) is 5. The van der Waals surface area contributed by atoms with Gasteiger partial charge in [0.2, 0.25) is 0 Å². The van der Waals surface area contributed by atoms with Crippen molar-refractivity contribution in [3.63, 3.8) is 0 Å². The summed E-state index contributed by atoms with van der Waals surface area (Å²) in [6.07, 6.45) is 0. The topological polar surface area (TPSA) is 61.4 Å². The summed E-state index contributed by atoms with van der Waals surface area (Å²) >= 11 is 0. The van der Waals surface area contributed by atoms with Crippen LogP contribution in [0.25, 0.3) is 0 Å². The molecule has 1 aromatic carbocycles. The second kappa shape index (κ2) is 10.2. The van der Waals surface area contributed by atoms with Crippen LogP contribution in [0.3, 0.4) is 0 Å². The molecule has 0 spiro atoms. The number of ether oxygens (including phenoxy) is 2. The zero-order valence-electron chi connectivity index (χ0n) is 16.7. The zero-order valence-corrected chi connectivity index (χ0v) is 16.7. The highest BCUT2D eigenvalue weighted by Gasteiger charge is 2.16. The van der Waals surface area contributed by atoms with E-state index in [1.54, 1.807) is 21.3 Å². The molecule has 0 bridgehead atoms. The molecule has 7 nitrogen and oxygen atoms in total. The minimum absolute atomic E-state index is 0.544. The first-order valence-electron chi connectivity index (χ1n) is 9.16. The fraction of sp³-hybridized carbons (Fsp3) is 0.632. The van der Waals surface area contributed by atoms with Crippen LogP contribution in [0.2, 0.25) is 0 Å². The van der Waals surface area contributed by atoms with Gasteiger partial charge in [-0.2, -0.15) is 0 Å². The highest BCUT2D eigenvalue weighted by atomic mass is 16.5. The summed E-state index contributed by atoms with van der Waals surface area (Å²) in [7, 11) is 7.23. The van der Waals surface area contributed by atoms with Crippen LogP contribution in [0.1, 0.15) is 6.92 Å². The van der Waals surface area contributed by atoms with Gasteiger partial charge in [-0.1, -0.05) is 6.92 Å². The Morgan fingerprint density at radius 3 is 2.46 bits per heavy atom. The van der Waals surface area contributed by atoms with Gasteiger partial charge in [0.1, 0.15) is 0 Å². The molecule has 1 aromatic rings. The number of nitrogens with zero attached hydrogens (tertiary/aromatic N) is 3. The molecule has 0 amide bonds. The van der Waals surface area contributed by atoms with E-state index >= 15 is 0 Å². The molecule has 7 heteroatoms. The van der Waals surface area contributed by atoms with Crippen LogP contribution in [-0.4, -0.2) is 83.3 Å². The molecular weight excluding hydrogens is 330 g/mol. The summed E-state index contributed by atoms with van der Waals surface area (Å²) in [4.78, 5) is 9.23. The standard InChI is InChI=1S/C19H33N5O2/c1-15(14-24-10-8-23(3)9-11-24)13-21-19(20-2)22-16-6-7-17(25-4)18(12-16)26-5/h6-7,12,15H,8-11,13-14H2,1-5H3,(H2,20,21,22). The van der Waals surface area contributed by atoms with Gasteiger partial charge in [0.25, 0.3) is 0 Å². The summed E-state index contributed by atoms with van der Waals surface area (Å²) in [5.41, 5.74) is 0.905. The molecule has 2 rings (SSSR count). The van der Waals surface area contributed by atoms with Crippen molar-refractivity contribution in [1.82, 2.24) is 15.1 Å². The molecule has 0 aromatic heterocycles. The Hall–Kier alpha value is -1.99. The van der Waals surface area contributed by atoms with E-state index in [9.17, 15) is 0 Å². The van der Waals surface area contributed by atoms with E-state index in [-0.39, 0.29) is 0 Å². The Bertz CT molecular complexity index is 585. The maximum absolute atomic E-state index is 5.35. The first-order chi connectivity index (χ1) is 12.5. The highest BCUT2D eigenvalue weighted by Crippen LogP contribution is 2.29. The molecular formula is C19H33N5O2. The fourth-order valence-corrected chi connectivity index (χ4v) is 3.04. The van der Waals surface area contributed by atoms with Crippen LogP contribution in [0.4, 0.5) is 5.69 Å². The van der Waals surface area contributed by atoms with E-state index in [1.807, 2.05) is 18.2 Å². The van der Waals surface area contributed by atoms with E-state index in [4.69, 9.17) is 9.47 Å². The van der Waals surface area contributed by atoms with Crippen LogP contribution in [0, 0.1) is 5.92 Å². The van der Waals surface area contributed by atoms with E-state index in [0.29, 0.717) is 17.4 Å². The average Bonchev–Trinajstić information content (AvgIpc) is 2.66. The lowest BCUT2D eigenvalue weighted by Crippen LogP contribution is -2.47. The molecule has 1 aliphatic rings. The second-order valence-corrected chi connectivity index (χ2v) is 6.86. The Labute approximate surface area is 157 Å². The number of guanidine groups is 1. The Balaban J connectivity index is 1.82. The molecule has 146 valence electrons. The average molecular weight is 364 g/mol. The lowest BCUT2D eigenvalue weighted by Gasteiger charge is -2.34. The minimum Gasteiger partial charge on any atom is -0.493 e. The molecule has 2 N–H and O–H groups in total. The van der Waals surface area contributed by atoms with Crippen LogP contribution < -0.4 is 20.1 Å². The number of hydrogen-bond donors (Lipinski definition) is 2. The third-order valence-corrected chi connectivity index (χ3v) is 4.65. The fourth-order valence-electron chi connectivity index (χ4n) is 3.04. The number of rotatable bonds is 7. The number of methoxy groups -OCH3 is 2. The quantitative estimate of drug-likeness (QED) is 0.567. The third-order valence-electron chi connectivity index (χ3n) is 4.65. The first kappa shape index (κ1) is 20.3. The normalized spacial score (nSPS) is 17.7. The predicted octanol–water partition coefficient (Wildman–Crippen LogP) is 1.57. The lowest BCUT2D eigenvalue weighted by atomic mass is 10.1. The Morgan fingerprint density at radius 1 is 1.15 bits per heavy atom. The lowest BCUT2D eigenvalue weighted by molar-refractivity contribution is 0.139. The number of anilines is 1. The van der Waals surface area contributed by atoms with E-state index in [2.05, 4.69) is 39.4 Å². The monoisotopic (exact) mass is 363 g/mol. The van der Waals surface area contributed by atoms with Crippen LogP contribution in [0.15, 0.2) is 23.2 Å². The van der Waals surface area contributed by atoms with Crippen molar-refractivity contribution in [3.05, 3.63) is 18.2 Å². The van der Waals surface area contributed by atoms with Crippen molar-refractivity contribution in [2.75, 3.05) is 72.9 Å². The summed E-state index contributed by atoms with van der Waals surface area (Å²) in [6, 6.07) is 5.73. The largest absolute Gasteiger partial charge is 0.493 e. The third kappa shape index (κ3) is 6.07.